The van der Waals surface area contributed by atoms with E-state index in [-0.39, 0.29) is 0 Å². The first kappa shape index (κ1) is 10.5. The lowest BCUT2D eigenvalue weighted by molar-refractivity contribution is 0.289. The van der Waals surface area contributed by atoms with Crippen LogP contribution < -0.4 is 0 Å². The van der Waals surface area contributed by atoms with Gasteiger partial charge in [-0.15, -0.1) is 0 Å². The molecule has 1 aliphatic heterocycles. The highest BCUT2D eigenvalue weighted by Gasteiger charge is 2.22. The lowest BCUT2D eigenvalue weighted by Crippen LogP contribution is -2.27. The molecule has 0 saturated carbocycles. The third-order valence-corrected chi connectivity index (χ3v) is 2.69. The Morgan fingerprint density at radius 3 is 2.38 bits per heavy atom. The minimum absolute atomic E-state index is 0.665. The molecule has 1 fully saturated rings. The van der Waals surface area contributed by atoms with Crippen molar-refractivity contribution >= 4 is 0 Å². The minimum Gasteiger partial charge on any atom is -0.292 e. The average Bonchev–Trinajstić information content (AvgIpc) is 2.48. The zero-order valence-corrected chi connectivity index (χ0v) is 9.30. The normalized spacial score (nSPS) is 25.3. The van der Waals surface area contributed by atoms with E-state index in [0.29, 0.717) is 6.04 Å². The smallest absolute Gasteiger partial charge is 0.0239 e. The van der Waals surface area contributed by atoms with Crippen LogP contribution in [0.15, 0.2) is 23.3 Å². The molecule has 1 saturated heterocycles. The molecule has 0 spiro atoms. The fourth-order valence-corrected chi connectivity index (χ4v) is 1.78. The summed E-state index contributed by atoms with van der Waals surface area (Å²) in [5.41, 5.74) is 3.06. The molecule has 0 amide bonds. The third-order valence-electron chi connectivity index (χ3n) is 2.69. The predicted molar refractivity (Wildman–Crippen MR) is 58.8 cm³/mol. The van der Waals surface area contributed by atoms with Gasteiger partial charge in [-0.05, 0) is 38.3 Å². The number of rotatable bonds is 2. The summed E-state index contributed by atoms with van der Waals surface area (Å²) in [5.74, 6) is 0. The Hall–Kier alpha value is -0.560. The van der Waals surface area contributed by atoms with Crippen LogP contribution in [0.2, 0.25) is 0 Å². The van der Waals surface area contributed by atoms with Crippen molar-refractivity contribution in [3.63, 3.8) is 0 Å². The van der Waals surface area contributed by atoms with E-state index in [9.17, 15) is 0 Å². The first-order valence-corrected chi connectivity index (χ1v) is 5.27. The van der Waals surface area contributed by atoms with Crippen LogP contribution in [-0.4, -0.2) is 24.0 Å². The summed E-state index contributed by atoms with van der Waals surface area (Å²) in [6.45, 7) is 11.2. The summed E-state index contributed by atoms with van der Waals surface area (Å²) in [6, 6.07) is 0.665. The largest absolute Gasteiger partial charge is 0.292 e. The summed E-state index contributed by atoms with van der Waals surface area (Å²) in [7, 11) is 0. The molecule has 0 aromatic rings. The van der Waals surface area contributed by atoms with Crippen molar-refractivity contribution in [2.45, 2.75) is 40.2 Å². The highest BCUT2D eigenvalue weighted by molar-refractivity contribution is 5.37. The lowest BCUT2D eigenvalue weighted by atomic mass is 10.1. The summed E-state index contributed by atoms with van der Waals surface area (Å²) < 4.78 is 0. The van der Waals surface area contributed by atoms with E-state index in [4.69, 9.17) is 0 Å². The topological polar surface area (TPSA) is 3.24 Å². The van der Waals surface area contributed by atoms with E-state index in [1.54, 1.807) is 5.57 Å². The average molecular weight is 179 g/mol. The molecule has 74 valence electrons. The van der Waals surface area contributed by atoms with Crippen molar-refractivity contribution in [2.24, 2.45) is 0 Å². The highest BCUT2D eigenvalue weighted by atomic mass is 15.2. The van der Waals surface area contributed by atoms with E-state index in [0.717, 1.165) is 19.5 Å². The van der Waals surface area contributed by atoms with Gasteiger partial charge in [-0.2, -0.15) is 0 Å². The third kappa shape index (κ3) is 2.44. The van der Waals surface area contributed by atoms with Gasteiger partial charge in [-0.25, -0.2) is 0 Å². The molecule has 1 heterocycles. The van der Waals surface area contributed by atoms with Gasteiger partial charge in [-0.3, -0.25) is 4.90 Å². The van der Waals surface area contributed by atoms with Gasteiger partial charge < -0.3 is 0 Å². The standard InChI is InChI=1S/C12H21N/c1-5-7-12-9-13(10(3)4)8-11(12)6-2/h6-7,10H,5,8-9H2,1-4H3/b11-6-,12-7-. The monoisotopic (exact) mass is 179 g/mol. The van der Waals surface area contributed by atoms with Crippen LogP contribution in [0.4, 0.5) is 0 Å². The van der Waals surface area contributed by atoms with E-state index < -0.39 is 0 Å². The maximum Gasteiger partial charge on any atom is 0.0239 e. The first-order valence-electron chi connectivity index (χ1n) is 5.27. The molecule has 1 aliphatic rings. The van der Waals surface area contributed by atoms with Crippen LogP contribution in [0.3, 0.4) is 0 Å². The second-order valence-corrected chi connectivity index (χ2v) is 3.95. The number of likely N-dealkylation sites (tertiary alicyclic amines) is 1. The molecule has 1 nitrogen and oxygen atoms in total. The van der Waals surface area contributed by atoms with Crippen molar-refractivity contribution in [3.05, 3.63) is 23.3 Å². The van der Waals surface area contributed by atoms with Crippen molar-refractivity contribution in [2.75, 3.05) is 13.1 Å². The Balaban J connectivity index is 2.73. The van der Waals surface area contributed by atoms with Gasteiger partial charge in [0.05, 0.1) is 0 Å². The predicted octanol–water partition coefficient (Wildman–Crippen LogP) is 2.99. The Labute approximate surface area is 82.1 Å². The van der Waals surface area contributed by atoms with E-state index in [1.807, 2.05) is 0 Å². The van der Waals surface area contributed by atoms with Crippen molar-refractivity contribution in [1.82, 2.24) is 4.90 Å². The first-order chi connectivity index (χ1) is 6.19. The molecular formula is C12H21N. The molecule has 0 radical (unpaired) electrons. The van der Waals surface area contributed by atoms with E-state index in [1.165, 1.54) is 5.57 Å². The van der Waals surface area contributed by atoms with Crippen LogP contribution >= 0.6 is 0 Å². The molecule has 0 unspecified atom stereocenters. The Bertz CT molecular complexity index is 223. The number of hydrogen-bond donors (Lipinski definition) is 0. The molecule has 0 aliphatic carbocycles. The summed E-state index contributed by atoms with van der Waals surface area (Å²) in [6.07, 6.45) is 5.76. The Kier molecular flexibility index (Phi) is 3.73. The van der Waals surface area contributed by atoms with Crippen LogP contribution in [0.1, 0.15) is 34.1 Å². The number of hydrogen-bond acceptors (Lipinski definition) is 1. The second kappa shape index (κ2) is 4.61. The molecule has 0 atom stereocenters. The van der Waals surface area contributed by atoms with Gasteiger partial charge in [0.15, 0.2) is 0 Å². The molecule has 0 aromatic carbocycles. The molecule has 0 bridgehead atoms. The highest BCUT2D eigenvalue weighted by Crippen LogP contribution is 2.23. The Morgan fingerprint density at radius 2 is 1.92 bits per heavy atom. The zero-order chi connectivity index (χ0) is 9.84. The molecular weight excluding hydrogens is 158 g/mol. The second-order valence-electron chi connectivity index (χ2n) is 3.95. The van der Waals surface area contributed by atoms with Gasteiger partial charge in [0, 0.05) is 19.1 Å². The van der Waals surface area contributed by atoms with E-state index in [2.05, 4.69) is 44.7 Å². The van der Waals surface area contributed by atoms with Crippen LogP contribution in [0, 0.1) is 0 Å². The molecule has 13 heavy (non-hydrogen) atoms. The van der Waals surface area contributed by atoms with Gasteiger partial charge in [0.1, 0.15) is 0 Å². The summed E-state index contributed by atoms with van der Waals surface area (Å²) in [4.78, 5) is 2.51. The lowest BCUT2D eigenvalue weighted by Gasteiger charge is -2.18. The fourth-order valence-electron chi connectivity index (χ4n) is 1.78. The minimum atomic E-state index is 0.665. The molecule has 1 rings (SSSR count). The Morgan fingerprint density at radius 1 is 1.31 bits per heavy atom. The maximum atomic E-state index is 2.51. The van der Waals surface area contributed by atoms with Crippen molar-refractivity contribution < 1.29 is 0 Å². The van der Waals surface area contributed by atoms with Crippen molar-refractivity contribution in [1.29, 1.82) is 0 Å². The number of allylic oxidation sites excluding steroid dienone is 2. The fraction of sp³-hybridized carbons (Fsp3) is 0.667. The van der Waals surface area contributed by atoms with Gasteiger partial charge in [0.25, 0.3) is 0 Å². The quantitative estimate of drug-likeness (QED) is 0.630. The van der Waals surface area contributed by atoms with Crippen LogP contribution in [0.25, 0.3) is 0 Å². The molecule has 0 aromatic heterocycles. The van der Waals surface area contributed by atoms with Crippen LogP contribution in [0.5, 0.6) is 0 Å². The van der Waals surface area contributed by atoms with Crippen molar-refractivity contribution in [3.8, 4) is 0 Å². The summed E-state index contributed by atoms with van der Waals surface area (Å²) >= 11 is 0. The SMILES string of the molecule is C/C=C1/CN(C(C)C)C/C1=C/CC. The van der Waals surface area contributed by atoms with Gasteiger partial charge in [-0.1, -0.05) is 19.1 Å². The van der Waals surface area contributed by atoms with Gasteiger partial charge >= 0.3 is 0 Å². The summed E-state index contributed by atoms with van der Waals surface area (Å²) in [5, 5.41) is 0. The number of nitrogens with zero attached hydrogens (tertiary/aromatic N) is 1. The zero-order valence-electron chi connectivity index (χ0n) is 9.30. The van der Waals surface area contributed by atoms with Gasteiger partial charge in [0.2, 0.25) is 0 Å². The molecule has 1 heteroatoms. The van der Waals surface area contributed by atoms with E-state index >= 15 is 0 Å². The maximum absolute atomic E-state index is 2.51. The van der Waals surface area contributed by atoms with Crippen LogP contribution in [-0.2, 0) is 0 Å². The molecule has 0 N–H and O–H groups in total.